The Morgan fingerprint density at radius 3 is 1.15 bits per heavy atom. The van der Waals surface area contributed by atoms with E-state index in [0.717, 1.165) is 57.7 Å². The number of benzene rings is 4. The predicted octanol–water partition coefficient (Wildman–Crippen LogP) is 13.5. The van der Waals surface area contributed by atoms with Gasteiger partial charge in [0.2, 0.25) is 0 Å². The van der Waals surface area contributed by atoms with Crippen molar-refractivity contribution in [1.82, 2.24) is 0 Å². The third kappa shape index (κ3) is 7.46. The Kier molecular flexibility index (Phi) is 10.2. The summed E-state index contributed by atoms with van der Waals surface area (Å²) in [6.07, 6.45) is 3.64. The molecule has 1 saturated carbocycles. The molecule has 3 N–H and O–H groups in total. The van der Waals surface area contributed by atoms with Gasteiger partial charge in [-0.05, 0) is 0 Å². The van der Waals surface area contributed by atoms with E-state index in [1.807, 2.05) is 6.07 Å². The average molecular weight is 755 g/mol. The van der Waals surface area contributed by atoms with Crippen LogP contribution in [0.1, 0.15) is 196 Å². The maximum atomic E-state index is 13.6. The van der Waals surface area contributed by atoms with Crippen molar-refractivity contribution in [3.63, 3.8) is 0 Å². The molecule has 1 aliphatic carbocycles. The molecule has 4 heteroatoms. The molecule has 1 aliphatic rings. The first-order chi connectivity index (χ1) is 24.1. The summed E-state index contributed by atoms with van der Waals surface area (Å²) in [7, 11) is -5.81. The monoisotopic (exact) mass is 755 g/mol. The van der Waals surface area contributed by atoms with Crippen molar-refractivity contribution in [3.8, 4) is 0 Å². The molecule has 0 heterocycles. The van der Waals surface area contributed by atoms with Crippen LogP contribution in [0, 0.1) is 0 Å². The zero-order valence-electron chi connectivity index (χ0n) is 37.4. The molecule has 0 amide bonds. The Bertz CT molecular complexity index is 2080. The zero-order valence-corrected chi connectivity index (χ0v) is 38.3. The van der Waals surface area contributed by atoms with Crippen molar-refractivity contribution >= 4 is 34.1 Å². The van der Waals surface area contributed by atoms with Crippen molar-refractivity contribution in [2.45, 2.75) is 194 Å². The molecule has 0 atom stereocenters. The molecule has 0 unspecified atom stereocenters. The van der Waals surface area contributed by atoms with E-state index in [1.165, 1.54) is 22.1 Å². The van der Waals surface area contributed by atoms with E-state index in [9.17, 15) is 14.7 Å². The fraction of sp³-hybridized carbons (Fsp3) is 0.600. The van der Waals surface area contributed by atoms with Gasteiger partial charge in [-0.2, -0.15) is 0 Å². The molecule has 0 saturated heterocycles. The molecular weight excluding hydrogens is 680 g/mol. The Morgan fingerprint density at radius 2 is 0.778 bits per heavy atom. The van der Waals surface area contributed by atoms with Crippen molar-refractivity contribution in [1.29, 1.82) is 0 Å². The third-order valence-corrected chi connectivity index (χ3v) is 16.1. The summed E-state index contributed by atoms with van der Waals surface area (Å²) in [6, 6.07) is 18.1. The van der Waals surface area contributed by atoms with E-state index in [2.05, 4.69) is 167 Å². The number of rotatable bonds is 3. The summed E-state index contributed by atoms with van der Waals surface area (Å²) in [5.41, 5.74) is 6.46. The first kappa shape index (κ1) is 42.8. The van der Waals surface area contributed by atoms with Gasteiger partial charge in [-0.3, -0.25) is 0 Å². The van der Waals surface area contributed by atoms with E-state index in [4.69, 9.17) is 0 Å². The molecule has 0 radical (unpaired) electrons. The summed E-state index contributed by atoms with van der Waals surface area (Å²) in [6.45, 7) is 40.2. The van der Waals surface area contributed by atoms with Crippen LogP contribution in [0.2, 0.25) is 0 Å². The fourth-order valence-electron chi connectivity index (χ4n) is 9.14. The van der Waals surface area contributed by atoms with Crippen LogP contribution < -0.4 is 5.30 Å². The first-order valence-corrected chi connectivity index (χ1v) is 22.7. The van der Waals surface area contributed by atoms with Gasteiger partial charge in [0, 0.05) is 0 Å². The second-order valence-electron chi connectivity index (χ2n) is 23.3. The molecule has 54 heavy (non-hydrogen) atoms. The van der Waals surface area contributed by atoms with Gasteiger partial charge in [0.1, 0.15) is 0 Å². The molecule has 4 aromatic carbocycles. The van der Waals surface area contributed by atoms with Gasteiger partial charge in [0.25, 0.3) is 0 Å². The van der Waals surface area contributed by atoms with E-state index < -0.39 is 17.9 Å². The zero-order chi connectivity index (χ0) is 41.1. The van der Waals surface area contributed by atoms with Gasteiger partial charge in [-0.15, -0.1) is 0 Å². The van der Waals surface area contributed by atoms with Crippen LogP contribution in [0.3, 0.4) is 0 Å². The van der Waals surface area contributed by atoms with E-state index in [1.54, 1.807) is 0 Å². The Hall–Kier alpha value is -2.29. The van der Waals surface area contributed by atoms with Gasteiger partial charge >= 0.3 is 331 Å². The molecule has 4 aromatic rings. The van der Waals surface area contributed by atoms with E-state index in [0.29, 0.717) is 18.1 Å². The Labute approximate surface area is 329 Å². The fourth-order valence-corrected chi connectivity index (χ4v) is 12.6. The first-order valence-electron chi connectivity index (χ1n) is 20.6. The van der Waals surface area contributed by atoms with Gasteiger partial charge < -0.3 is 0 Å². The summed E-state index contributed by atoms with van der Waals surface area (Å²) in [5.74, 6) is 0. The van der Waals surface area contributed by atoms with Crippen LogP contribution >= 0.6 is 7.28 Å². The molecule has 0 spiro atoms. The standard InChI is InChI=1S/C50H75O3P/c1-44(2,3)34-24-32-26-40(48(13,14)15)41(30-36(32)38(28-34)46(7,8)9)50(22-20-19-21-23-50)54(51,52,53)43-31-37-33(27-42(43)49(16,17)18)25-35(45(4,5)6)29-39(37)47(10,11)12/h24-31,51-53H,19-23H2,1-18H3. The second kappa shape index (κ2) is 12.9. The Balaban J connectivity index is 2.01. The number of hydrogen-bond donors (Lipinski definition) is 3. The van der Waals surface area contributed by atoms with Crippen LogP contribution in [0.25, 0.3) is 21.5 Å². The van der Waals surface area contributed by atoms with Crippen LogP contribution in [-0.4, -0.2) is 14.7 Å². The van der Waals surface area contributed by atoms with Crippen molar-refractivity contribution < 1.29 is 14.7 Å². The Morgan fingerprint density at radius 1 is 0.407 bits per heavy atom. The normalized spacial score (nSPS) is 17.5. The van der Waals surface area contributed by atoms with Crippen molar-refractivity contribution in [2.24, 2.45) is 0 Å². The third-order valence-electron chi connectivity index (χ3n) is 12.5. The molecule has 1 fully saturated rings. The molecule has 3 nitrogen and oxygen atoms in total. The molecule has 0 bridgehead atoms. The van der Waals surface area contributed by atoms with E-state index >= 15 is 0 Å². The molecular formula is C50H75O3P. The number of fused-ring (bicyclic) bond motifs is 2. The molecule has 0 aromatic heterocycles. The van der Waals surface area contributed by atoms with Crippen LogP contribution in [-0.2, 0) is 37.6 Å². The van der Waals surface area contributed by atoms with Crippen LogP contribution in [0.15, 0.2) is 48.5 Å². The molecule has 0 aliphatic heterocycles. The SMILES string of the molecule is CC(C)(C)c1cc(C(C)(C)C)c2cc(C3(P(O)(O)(O)c4cc5c(C(C)(C)C)cc(C(C)(C)C)cc5cc4C(C)(C)C)CCCCC3)c(C(C)(C)C)cc2c1. The van der Waals surface area contributed by atoms with Gasteiger partial charge in [0.05, 0.1) is 0 Å². The molecule has 5 rings (SSSR count). The predicted molar refractivity (Wildman–Crippen MR) is 238 cm³/mol. The van der Waals surface area contributed by atoms with E-state index in [-0.39, 0.29) is 27.1 Å². The van der Waals surface area contributed by atoms with Gasteiger partial charge in [0.15, 0.2) is 0 Å². The maximum absolute atomic E-state index is 13.6. The quantitative estimate of drug-likeness (QED) is 0.183. The number of hydrogen-bond acceptors (Lipinski definition) is 3. The molecule has 298 valence electrons. The summed E-state index contributed by atoms with van der Waals surface area (Å²) >= 11 is 0. The van der Waals surface area contributed by atoms with Crippen molar-refractivity contribution in [2.75, 3.05) is 0 Å². The topological polar surface area (TPSA) is 60.7 Å². The minimum absolute atomic E-state index is 0.0364. The minimum atomic E-state index is -5.81. The summed E-state index contributed by atoms with van der Waals surface area (Å²) in [5, 5.41) is 3.42. The van der Waals surface area contributed by atoms with Crippen LogP contribution in [0.5, 0.6) is 0 Å². The summed E-state index contributed by atoms with van der Waals surface area (Å²) < 4.78 is 0. The van der Waals surface area contributed by atoms with Crippen LogP contribution in [0.4, 0.5) is 0 Å². The van der Waals surface area contributed by atoms with Crippen molar-refractivity contribution in [3.05, 3.63) is 87.5 Å². The summed E-state index contributed by atoms with van der Waals surface area (Å²) in [4.78, 5) is 40.9. The van der Waals surface area contributed by atoms with Gasteiger partial charge in [-0.1, -0.05) is 0 Å². The second-order valence-corrected chi connectivity index (χ2v) is 26.6. The van der Waals surface area contributed by atoms with Gasteiger partial charge in [-0.25, -0.2) is 0 Å². The average Bonchev–Trinajstić information content (AvgIpc) is 2.99.